The van der Waals surface area contributed by atoms with Crippen LogP contribution in [0.15, 0.2) is 23.4 Å². The van der Waals surface area contributed by atoms with E-state index in [4.69, 9.17) is 4.74 Å². The first-order valence-corrected chi connectivity index (χ1v) is 11.7. The van der Waals surface area contributed by atoms with Crippen LogP contribution in [0.3, 0.4) is 0 Å². The largest absolute Gasteiger partial charge is 0.420 e. The second-order valence-electron chi connectivity index (χ2n) is 9.20. The first-order valence-electron chi connectivity index (χ1n) is 10.4. The maximum atomic E-state index is 14.3. The van der Waals surface area contributed by atoms with Gasteiger partial charge < -0.3 is 10.1 Å². The van der Waals surface area contributed by atoms with Crippen molar-refractivity contribution in [3.63, 3.8) is 0 Å². The van der Waals surface area contributed by atoms with Crippen LogP contribution in [-0.4, -0.2) is 40.2 Å². The van der Waals surface area contributed by atoms with Crippen LogP contribution in [0.1, 0.15) is 54.4 Å². The van der Waals surface area contributed by atoms with Gasteiger partial charge >= 0.3 is 6.18 Å². The van der Waals surface area contributed by atoms with Gasteiger partial charge in [0.15, 0.2) is 0 Å². The normalized spacial score (nSPS) is 20.0. The van der Waals surface area contributed by atoms with Gasteiger partial charge in [-0.25, -0.2) is 8.78 Å². The summed E-state index contributed by atoms with van der Waals surface area (Å²) in [6, 6.07) is 2.71. The van der Waals surface area contributed by atoms with Gasteiger partial charge in [-0.2, -0.15) is 18.3 Å². The van der Waals surface area contributed by atoms with E-state index in [9.17, 15) is 32.0 Å². The number of amides is 1. The zero-order valence-electron chi connectivity index (χ0n) is 18.7. The van der Waals surface area contributed by atoms with Crippen molar-refractivity contribution in [2.45, 2.75) is 61.9 Å². The summed E-state index contributed by atoms with van der Waals surface area (Å²) in [5.41, 5.74) is -4.53. The topological polar surface area (TPSA) is 80.3 Å². The Balaban J connectivity index is 1.79. The van der Waals surface area contributed by atoms with E-state index in [0.717, 1.165) is 21.2 Å². The van der Waals surface area contributed by atoms with Crippen molar-refractivity contribution < 1.29 is 41.4 Å². The lowest BCUT2D eigenvalue weighted by Crippen LogP contribution is -2.47. The van der Waals surface area contributed by atoms with Crippen molar-refractivity contribution in [3.05, 3.63) is 35.3 Å². The Labute approximate surface area is 196 Å². The predicted octanol–water partition coefficient (Wildman–Crippen LogP) is 4.47. The number of hydrogen-bond donors (Lipinski definition) is 2. The highest BCUT2D eigenvalue weighted by molar-refractivity contribution is 7.98. The zero-order chi connectivity index (χ0) is 25.1. The molecule has 0 saturated heterocycles. The van der Waals surface area contributed by atoms with Crippen molar-refractivity contribution >= 4 is 23.4 Å². The number of aromatic nitrogens is 3. The molecule has 0 bridgehead atoms. The first kappa shape index (κ1) is 24.7. The highest BCUT2D eigenvalue weighted by atomic mass is 32.2. The summed E-state index contributed by atoms with van der Waals surface area (Å²) in [5, 5.41) is 16.6. The molecule has 7 nitrogen and oxygen atoms in total. The van der Waals surface area contributed by atoms with Crippen LogP contribution in [0, 0.1) is 5.41 Å². The van der Waals surface area contributed by atoms with E-state index >= 15 is 0 Å². The number of pyridine rings is 1. The number of alkyl halides is 5. The lowest BCUT2D eigenvalue weighted by molar-refractivity contribution is -0.932. The summed E-state index contributed by atoms with van der Waals surface area (Å²) >= 11 is 1.16. The van der Waals surface area contributed by atoms with Gasteiger partial charge in [0.25, 0.3) is 10.9 Å². The van der Waals surface area contributed by atoms with E-state index in [1.807, 2.05) is 0 Å². The molecule has 34 heavy (non-hydrogen) atoms. The molecule has 0 spiro atoms. The second kappa shape index (κ2) is 8.08. The fourth-order valence-electron chi connectivity index (χ4n) is 4.61. The molecule has 186 valence electrons. The van der Waals surface area contributed by atoms with Crippen molar-refractivity contribution in [3.8, 4) is 0 Å². The summed E-state index contributed by atoms with van der Waals surface area (Å²) < 4.78 is 77.1. The third-order valence-electron chi connectivity index (χ3n) is 6.25. The number of ether oxygens (including phenoxy) is 1. The Bertz CT molecular complexity index is 1120. The molecule has 0 aromatic carbocycles. The summed E-state index contributed by atoms with van der Waals surface area (Å²) in [5.74, 6) is -3.99. The minimum Gasteiger partial charge on any atom is -0.372 e. The molecular formula is C21H24F5N4O3S+. The maximum absolute atomic E-state index is 14.3. The Morgan fingerprint density at radius 3 is 2.50 bits per heavy atom. The van der Waals surface area contributed by atoms with Crippen molar-refractivity contribution in [2.75, 3.05) is 18.7 Å². The van der Waals surface area contributed by atoms with E-state index in [1.165, 1.54) is 32.4 Å². The number of nitrogens with zero attached hydrogens (tertiary/aromatic N) is 3. The fraction of sp³-hybridized carbons (Fsp3) is 0.571. The van der Waals surface area contributed by atoms with Crippen molar-refractivity contribution in [1.82, 2.24) is 9.78 Å². The molecule has 0 unspecified atom stereocenters. The summed E-state index contributed by atoms with van der Waals surface area (Å²) in [4.78, 5) is 13.2. The molecule has 2 fully saturated rings. The standard InChI is InChI=1S/C21H23F5N4O3S/c1-18(9-20(22,23)10-18)11-29-15(17(31)27-12-4-7-30(32)13(8-12)34-3)14(21(24,25)26)16(28-29)19(33-2)5-6-19/h4,7-8,32H,5-6,9-11H2,1-3H3/p+1. The first-order chi connectivity index (χ1) is 15.7. The molecule has 0 radical (unpaired) electrons. The fourth-order valence-corrected chi connectivity index (χ4v) is 5.10. The molecule has 2 heterocycles. The number of anilines is 1. The van der Waals surface area contributed by atoms with Gasteiger partial charge in [-0.05, 0) is 24.5 Å². The summed E-state index contributed by atoms with van der Waals surface area (Å²) in [6.07, 6.45) is -2.46. The highest BCUT2D eigenvalue weighted by Gasteiger charge is 2.57. The predicted molar refractivity (Wildman–Crippen MR) is 111 cm³/mol. The number of carbonyl (C=O) groups is 1. The van der Waals surface area contributed by atoms with Crippen LogP contribution >= 0.6 is 11.8 Å². The van der Waals surface area contributed by atoms with Gasteiger partial charge in [-0.15, -0.1) is 0 Å². The molecular weight excluding hydrogens is 483 g/mol. The molecule has 2 aromatic rings. The molecule has 1 amide bonds. The van der Waals surface area contributed by atoms with Gasteiger partial charge in [0.05, 0.1) is 5.69 Å². The zero-order valence-corrected chi connectivity index (χ0v) is 19.5. The van der Waals surface area contributed by atoms with Crippen LogP contribution in [0.5, 0.6) is 0 Å². The Morgan fingerprint density at radius 2 is 2.00 bits per heavy atom. The second-order valence-corrected chi connectivity index (χ2v) is 10.0. The summed E-state index contributed by atoms with van der Waals surface area (Å²) in [7, 11) is 1.28. The molecule has 2 saturated carbocycles. The minimum atomic E-state index is -4.94. The van der Waals surface area contributed by atoms with E-state index in [0.29, 0.717) is 17.9 Å². The monoisotopic (exact) mass is 507 g/mol. The molecule has 2 aliphatic rings. The van der Waals surface area contributed by atoms with Gasteiger partial charge in [-0.3, -0.25) is 14.7 Å². The number of carbonyl (C=O) groups excluding carboxylic acids is 1. The molecule has 13 heteroatoms. The lowest BCUT2D eigenvalue weighted by Gasteiger charge is -2.44. The maximum Gasteiger partial charge on any atom is 0.420 e. The van der Waals surface area contributed by atoms with Crippen LogP contribution < -0.4 is 10.0 Å². The minimum absolute atomic E-state index is 0.149. The highest BCUT2D eigenvalue weighted by Crippen LogP contribution is 2.55. The van der Waals surface area contributed by atoms with Crippen LogP contribution in [0.2, 0.25) is 0 Å². The van der Waals surface area contributed by atoms with Gasteiger partial charge in [0, 0.05) is 43.4 Å². The van der Waals surface area contributed by atoms with E-state index in [1.54, 1.807) is 6.26 Å². The Morgan fingerprint density at radius 1 is 1.35 bits per heavy atom. The third-order valence-corrected chi connectivity index (χ3v) is 6.97. The van der Waals surface area contributed by atoms with Gasteiger partial charge in [0.2, 0.25) is 12.1 Å². The lowest BCUT2D eigenvalue weighted by atomic mass is 9.67. The third kappa shape index (κ3) is 4.47. The smallest absolute Gasteiger partial charge is 0.372 e. The van der Waals surface area contributed by atoms with Gasteiger partial charge in [-0.1, -0.05) is 18.7 Å². The van der Waals surface area contributed by atoms with Crippen molar-refractivity contribution in [2.24, 2.45) is 5.41 Å². The number of methoxy groups -OCH3 is 1. The van der Waals surface area contributed by atoms with Gasteiger partial charge in [0.1, 0.15) is 22.6 Å². The number of thioether (sulfide) groups is 1. The van der Waals surface area contributed by atoms with Crippen molar-refractivity contribution in [1.29, 1.82) is 0 Å². The Kier molecular flexibility index (Phi) is 5.87. The SMILES string of the molecule is COC1(c2nn(CC3(C)CC(F)(F)C3)c(C(=O)Nc3cc[n+](O)c(SC)c3)c2C(F)(F)F)CC1. The summed E-state index contributed by atoms with van der Waals surface area (Å²) in [6.45, 7) is 1.25. The molecule has 2 aromatic heterocycles. The van der Waals surface area contributed by atoms with E-state index in [-0.39, 0.29) is 12.2 Å². The van der Waals surface area contributed by atoms with Crippen LogP contribution in [-0.2, 0) is 23.1 Å². The van der Waals surface area contributed by atoms with Crippen LogP contribution in [0.4, 0.5) is 27.6 Å². The molecule has 4 rings (SSSR count). The Hall–Kier alpha value is -2.41. The van der Waals surface area contributed by atoms with Crippen LogP contribution in [0.25, 0.3) is 0 Å². The number of rotatable bonds is 7. The molecule has 0 aliphatic heterocycles. The quantitative estimate of drug-likeness (QED) is 0.250. The molecule has 2 N–H and O–H groups in total. The average Bonchev–Trinajstić information content (AvgIpc) is 3.41. The number of hydrogen-bond acceptors (Lipinski definition) is 5. The van der Waals surface area contributed by atoms with E-state index in [2.05, 4.69) is 10.4 Å². The number of nitrogens with one attached hydrogen (secondary N) is 1. The van der Waals surface area contributed by atoms with E-state index < -0.39 is 58.8 Å². The molecule has 2 aliphatic carbocycles. The number of halogens is 5. The average molecular weight is 508 g/mol. The molecule has 0 atom stereocenters.